The minimum absolute atomic E-state index is 0.0188. The van der Waals surface area contributed by atoms with Crippen molar-refractivity contribution in [3.63, 3.8) is 0 Å². The third kappa shape index (κ3) is 4.49. The Hall–Kier alpha value is -2.55. The van der Waals surface area contributed by atoms with Gasteiger partial charge in [-0.25, -0.2) is 0 Å². The van der Waals surface area contributed by atoms with Crippen LogP contribution in [-0.2, 0) is 11.3 Å². The van der Waals surface area contributed by atoms with E-state index in [0.29, 0.717) is 6.54 Å². The number of benzene rings is 2. The molecule has 0 N–H and O–H groups in total. The molecular weight excluding hydrogens is 262 g/mol. The topological polar surface area (TPSA) is 29.5 Å². The predicted molar refractivity (Wildman–Crippen MR) is 84.9 cm³/mol. The summed E-state index contributed by atoms with van der Waals surface area (Å²) in [5.41, 5.74) is 2.09. The summed E-state index contributed by atoms with van der Waals surface area (Å²) in [7, 11) is 3.43. The lowest BCUT2D eigenvalue weighted by molar-refractivity contribution is -0.125. The molecule has 0 aromatic heterocycles. The van der Waals surface area contributed by atoms with Crippen LogP contribution in [-0.4, -0.2) is 25.0 Å². The van der Waals surface area contributed by atoms with Crippen LogP contribution in [0.25, 0.3) is 6.08 Å². The van der Waals surface area contributed by atoms with Crippen LogP contribution in [0, 0.1) is 0 Å². The molecule has 0 aliphatic carbocycles. The second kappa shape index (κ2) is 7.29. The Morgan fingerprint density at radius 2 is 1.76 bits per heavy atom. The van der Waals surface area contributed by atoms with Gasteiger partial charge in [-0.15, -0.1) is 0 Å². The minimum Gasteiger partial charge on any atom is -0.497 e. The lowest BCUT2D eigenvalue weighted by Gasteiger charge is -2.15. The fourth-order valence-electron chi connectivity index (χ4n) is 1.94. The summed E-state index contributed by atoms with van der Waals surface area (Å²) in [6.45, 7) is 0.571. The van der Waals surface area contributed by atoms with Crippen LogP contribution in [0.5, 0.6) is 5.75 Å². The van der Waals surface area contributed by atoms with E-state index in [0.717, 1.165) is 16.9 Å². The minimum atomic E-state index is -0.0188. The van der Waals surface area contributed by atoms with Crippen LogP contribution in [0.1, 0.15) is 11.1 Å². The first kappa shape index (κ1) is 14.9. The van der Waals surface area contributed by atoms with Gasteiger partial charge in [0.05, 0.1) is 7.11 Å². The monoisotopic (exact) mass is 281 g/mol. The van der Waals surface area contributed by atoms with E-state index in [1.165, 1.54) is 0 Å². The molecule has 108 valence electrons. The standard InChI is InChI=1S/C18H19NO2/c1-19(14-16-8-11-17(21-2)12-9-16)18(20)13-10-15-6-4-3-5-7-15/h3-13H,14H2,1-2H3/b13-10+. The van der Waals surface area contributed by atoms with Crippen molar-refractivity contribution in [1.29, 1.82) is 0 Å². The second-order valence-corrected chi connectivity index (χ2v) is 4.79. The molecule has 2 aromatic carbocycles. The molecule has 0 unspecified atom stereocenters. The number of amides is 1. The highest BCUT2D eigenvalue weighted by Crippen LogP contribution is 2.12. The number of methoxy groups -OCH3 is 1. The van der Waals surface area contributed by atoms with Crippen LogP contribution in [0.15, 0.2) is 60.7 Å². The van der Waals surface area contributed by atoms with Gasteiger partial charge in [0.1, 0.15) is 5.75 Å². The molecule has 0 fully saturated rings. The maximum absolute atomic E-state index is 12.1. The Labute approximate surface area is 125 Å². The molecule has 0 aliphatic heterocycles. The number of hydrogen-bond acceptors (Lipinski definition) is 2. The van der Waals surface area contributed by atoms with Gasteiger partial charge >= 0.3 is 0 Å². The molecule has 0 saturated carbocycles. The molecule has 0 spiro atoms. The van der Waals surface area contributed by atoms with Crippen LogP contribution in [0.2, 0.25) is 0 Å². The molecule has 1 amide bonds. The van der Waals surface area contributed by atoms with E-state index in [9.17, 15) is 4.79 Å². The lowest BCUT2D eigenvalue weighted by Crippen LogP contribution is -2.24. The van der Waals surface area contributed by atoms with Gasteiger partial charge in [-0.2, -0.15) is 0 Å². The highest BCUT2D eigenvalue weighted by molar-refractivity contribution is 5.91. The third-order valence-electron chi connectivity index (χ3n) is 3.17. The van der Waals surface area contributed by atoms with Crippen LogP contribution >= 0.6 is 0 Å². The van der Waals surface area contributed by atoms with E-state index in [1.54, 1.807) is 25.1 Å². The summed E-state index contributed by atoms with van der Waals surface area (Å²) in [5, 5.41) is 0. The van der Waals surface area contributed by atoms with Gasteiger partial charge in [-0.3, -0.25) is 4.79 Å². The van der Waals surface area contributed by atoms with Crippen molar-refractivity contribution < 1.29 is 9.53 Å². The van der Waals surface area contributed by atoms with E-state index in [1.807, 2.05) is 60.7 Å². The van der Waals surface area contributed by atoms with Crippen LogP contribution < -0.4 is 4.74 Å². The molecule has 3 nitrogen and oxygen atoms in total. The van der Waals surface area contributed by atoms with E-state index >= 15 is 0 Å². The van der Waals surface area contributed by atoms with Crippen molar-refractivity contribution in [2.45, 2.75) is 6.54 Å². The molecule has 0 heterocycles. The molecule has 21 heavy (non-hydrogen) atoms. The van der Waals surface area contributed by atoms with Gasteiger partial charge < -0.3 is 9.64 Å². The van der Waals surface area contributed by atoms with E-state index in [4.69, 9.17) is 4.74 Å². The smallest absolute Gasteiger partial charge is 0.246 e. The second-order valence-electron chi connectivity index (χ2n) is 4.79. The van der Waals surface area contributed by atoms with Gasteiger partial charge in [-0.1, -0.05) is 42.5 Å². The fourth-order valence-corrected chi connectivity index (χ4v) is 1.94. The Morgan fingerprint density at radius 1 is 1.10 bits per heavy atom. The first-order chi connectivity index (χ1) is 10.2. The SMILES string of the molecule is COc1ccc(CN(C)C(=O)/C=C/c2ccccc2)cc1. The first-order valence-corrected chi connectivity index (χ1v) is 6.80. The third-order valence-corrected chi connectivity index (χ3v) is 3.17. The average molecular weight is 281 g/mol. The maximum atomic E-state index is 12.1. The van der Waals surface area contributed by atoms with E-state index in [-0.39, 0.29) is 5.91 Å². The Kier molecular flexibility index (Phi) is 5.16. The summed E-state index contributed by atoms with van der Waals surface area (Å²) in [6, 6.07) is 17.5. The van der Waals surface area contributed by atoms with Crippen molar-refractivity contribution in [2.24, 2.45) is 0 Å². The molecule has 0 radical (unpaired) electrons. The fraction of sp³-hybridized carbons (Fsp3) is 0.167. The van der Waals surface area contributed by atoms with Crippen molar-refractivity contribution in [3.8, 4) is 5.75 Å². The molecular formula is C18H19NO2. The number of ether oxygens (including phenoxy) is 1. The maximum Gasteiger partial charge on any atom is 0.246 e. The molecule has 2 rings (SSSR count). The first-order valence-electron chi connectivity index (χ1n) is 6.80. The van der Waals surface area contributed by atoms with Gasteiger partial charge in [0.2, 0.25) is 5.91 Å². The molecule has 0 bridgehead atoms. The molecule has 2 aromatic rings. The normalized spacial score (nSPS) is 10.6. The van der Waals surface area contributed by atoms with Crippen LogP contribution in [0.3, 0.4) is 0 Å². The summed E-state index contributed by atoms with van der Waals surface area (Å²) >= 11 is 0. The number of carbonyl (C=O) groups excluding carboxylic acids is 1. The number of likely N-dealkylation sites (N-methyl/N-ethyl adjacent to an activating group) is 1. The van der Waals surface area contributed by atoms with Gasteiger partial charge in [-0.05, 0) is 29.3 Å². The van der Waals surface area contributed by atoms with Crippen molar-refractivity contribution in [2.75, 3.05) is 14.2 Å². The molecule has 0 saturated heterocycles. The van der Waals surface area contributed by atoms with E-state index < -0.39 is 0 Å². The quantitative estimate of drug-likeness (QED) is 0.786. The molecule has 0 aliphatic rings. The number of hydrogen-bond donors (Lipinski definition) is 0. The summed E-state index contributed by atoms with van der Waals surface area (Å²) in [6.07, 6.45) is 3.42. The number of carbonyl (C=O) groups is 1. The van der Waals surface area contributed by atoms with Crippen molar-refractivity contribution in [3.05, 3.63) is 71.8 Å². The molecule has 3 heteroatoms. The lowest BCUT2D eigenvalue weighted by atomic mass is 10.2. The zero-order valence-corrected chi connectivity index (χ0v) is 12.3. The largest absolute Gasteiger partial charge is 0.497 e. The zero-order chi connectivity index (χ0) is 15.1. The Morgan fingerprint density at radius 3 is 2.38 bits per heavy atom. The van der Waals surface area contributed by atoms with Crippen molar-refractivity contribution >= 4 is 12.0 Å². The summed E-state index contributed by atoms with van der Waals surface area (Å²) in [4.78, 5) is 13.7. The summed E-state index contributed by atoms with van der Waals surface area (Å²) < 4.78 is 5.12. The van der Waals surface area contributed by atoms with Crippen LogP contribution in [0.4, 0.5) is 0 Å². The molecule has 0 atom stereocenters. The number of nitrogens with zero attached hydrogens (tertiary/aromatic N) is 1. The zero-order valence-electron chi connectivity index (χ0n) is 12.3. The summed E-state index contributed by atoms with van der Waals surface area (Å²) in [5.74, 6) is 0.798. The van der Waals surface area contributed by atoms with Gasteiger partial charge in [0.25, 0.3) is 0 Å². The highest BCUT2D eigenvalue weighted by atomic mass is 16.5. The van der Waals surface area contributed by atoms with E-state index in [2.05, 4.69) is 0 Å². The highest BCUT2D eigenvalue weighted by Gasteiger charge is 2.05. The number of rotatable bonds is 5. The van der Waals surface area contributed by atoms with Crippen molar-refractivity contribution in [1.82, 2.24) is 4.90 Å². The van der Waals surface area contributed by atoms with Gasteiger partial charge in [0.15, 0.2) is 0 Å². The Balaban J connectivity index is 1.94. The Bertz CT molecular complexity index is 603. The average Bonchev–Trinajstić information content (AvgIpc) is 2.54. The predicted octanol–water partition coefficient (Wildman–Crippen LogP) is 3.37. The van der Waals surface area contributed by atoms with Gasteiger partial charge in [0, 0.05) is 19.7 Å².